The molecule has 1 aromatic carbocycles. The van der Waals surface area contributed by atoms with Crippen molar-refractivity contribution in [1.29, 1.82) is 0 Å². The first-order valence-electron chi connectivity index (χ1n) is 5.53. The van der Waals surface area contributed by atoms with E-state index in [1.54, 1.807) is 0 Å². The molecular weight excluding hydrogens is 247 g/mol. The van der Waals surface area contributed by atoms with Crippen LogP contribution in [0, 0.1) is 0 Å². The summed E-state index contributed by atoms with van der Waals surface area (Å²) in [6.45, 7) is 0.0802. The summed E-state index contributed by atoms with van der Waals surface area (Å²) in [5.74, 6) is -0.409. The molecule has 18 heavy (non-hydrogen) atoms. The van der Waals surface area contributed by atoms with Crippen molar-refractivity contribution in [2.75, 3.05) is 13.7 Å². The fraction of sp³-hybridized carbons (Fsp3) is 0.500. The Kier molecular flexibility index (Phi) is 2.93. The highest BCUT2D eigenvalue weighted by Gasteiger charge is 2.50. The first kappa shape index (κ1) is 13.0. The summed E-state index contributed by atoms with van der Waals surface area (Å²) in [6, 6.07) is 2.05. The van der Waals surface area contributed by atoms with Gasteiger partial charge in [-0.05, 0) is 25.0 Å². The summed E-state index contributed by atoms with van der Waals surface area (Å²) in [5, 5.41) is 9.96. The van der Waals surface area contributed by atoms with E-state index in [1.807, 2.05) is 0 Å². The van der Waals surface area contributed by atoms with Crippen molar-refractivity contribution in [3.63, 3.8) is 0 Å². The lowest BCUT2D eigenvalue weighted by Gasteiger charge is -2.22. The van der Waals surface area contributed by atoms with Gasteiger partial charge in [-0.1, -0.05) is 0 Å². The van der Waals surface area contributed by atoms with Gasteiger partial charge in [-0.3, -0.25) is 0 Å². The predicted octanol–water partition coefficient (Wildman–Crippen LogP) is 2.41. The quantitative estimate of drug-likeness (QED) is 0.878. The first-order valence-corrected chi connectivity index (χ1v) is 5.53. The second kappa shape index (κ2) is 4.05. The Bertz CT molecular complexity index is 467. The molecule has 6 heteroatoms. The number of ether oxygens (including phenoxy) is 1. The van der Waals surface area contributed by atoms with Crippen molar-refractivity contribution in [2.24, 2.45) is 5.73 Å². The minimum Gasteiger partial charge on any atom is -0.504 e. The van der Waals surface area contributed by atoms with Crippen LogP contribution in [-0.4, -0.2) is 18.8 Å². The number of hydrogen-bond donors (Lipinski definition) is 2. The van der Waals surface area contributed by atoms with Gasteiger partial charge in [0.1, 0.15) is 0 Å². The molecule has 2 rings (SSSR count). The maximum atomic E-state index is 13.0. The maximum Gasteiger partial charge on any atom is 0.416 e. The Labute approximate surface area is 102 Å². The van der Waals surface area contributed by atoms with Crippen LogP contribution >= 0.6 is 0 Å². The number of halogens is 3. The van der Waals surface area contributed by atoms with Crippen LogP contribution in [0.15, 0.2) is 12.1 Å². The molecule has 0 aromatic heterocycles. The van der Waals surface area contributed by atoms with E-state index in [0.29, 0.717) is 12.8 Å². The van der Waals surface area contributed by atoms with Gasteiger partial charge < -0.3 is 15.6 Å². The van der Waals surface area contributed by atoms with E-state index < -0.39 is 22.9 Å². The average molecular weight is 261 g/mol. The van der Waals surface area contributed by atoms with E-state index in [9.17, 15) is 18.3 Å². The molecule has 3 N–H and O–H groups in total. The second-order valence-corrected chi connectivity index (χ2v) is 4.52. The maximum absolute atomic E-state index is 13.0. The Hall–Kier alpha value is -1.43. The first-order chi connectivity index (χ1) is 8.35. The third kappa shape index (κ3) is 1.90. The Balaban J connectivity index is 2.66. The van der Waals surface area contributed by atoms with E-state index in [-0.39, 0.29) is 17.9 Å². The average Bonchev–Trinajstić information content (AvgIpc) is 3.08. The van der Waals surface area contributed by atoms with Crippen molar-refractivity contribution >= 4 is 0 Å². The minimum absolute atomic E-state index is 0.0396. The number of rotatable bonds is 3. The second-order valence-electron chi connectivity index (χ2n) is 4.52. The summed E-state index contributed by atoms with van der Waals surface area (Å²) in [7, 11) is 1.30. The number of phenols is 1. The summed E-state index contributed by atoms with van der Waals surface area (Å²) >= 11 is 0. The molecule has 0 spiro atoms. The molecule has 0 heterocycles. The highest BCUT2D eigenvalue weighted by Crippen LogP contribution is 2.56. The zero-order chi connectivity index (χ0) is 13.6. The van der Waals surface area contributed by atoms with Gasteiger partial charge in [0.25, 0.3) is 0 Å². The summed E-state index contributed by atoms with van der Waals surface area (Å²) in [4.78, 5) is 0. The fourth-order valence-corrected chi connectivity index (χ4v) is 2.22. The van der Waals surface area contributed by atoms with E-state index in [0.717, 1.165) is 12.1 Å². The van der Waals surface area contributed by atoms with Crippen LogP contribution < -0.4 is 10.5 Å². The van der Waals surface area contributed by atoms with Crippen LogP contribution in [0.5, 0.6) is 11.5 Å². The lowest BCUT2D eigenvalue weighted by Crippen LogP contribution is -2.24. The number of methoxy groups -OCH3 is 1. The zero-order valence-electron chi connectivity index (χ0n) is 9.84. The molecule has 1 fully saturated rings. The SMILES string of the molecule is COc1ccc(C(F)(F)F)c(C2(CN)CC2)c1O. The summed E-state index contributed by atoms with van der Waals surface area (Å²) in [5.41, 5.74) is 3.84. The molecule has 0 atom stereocenters. The molecule has 0 radical (unpaired) electrons. The highest BCUT2D eigenvalue weighted by molar-refractivity contribution is 5.56. The van der Waals surface area contributed by atoms with Crippen LogP contribution in [-0.2, 0) is 11.6 Å². The standard InChI is InChI=1S/C12H14F3NO2/c1-18-8-3-2-7(12(13,14)15)9(10(8)17)11(6-16)4-5-11/h2-3,17H,4-6,16H2,1H3. The third-order valence-corrected chi connectivity index (χ3v) is 3.44. The molecule has 0 unspecified atom stereocenters. The Morgan fingerprint density at radius 2 is 2.00 bits per heavy atom. The summed E-state index contributed by atoms with van der Waals surface area (Å²) < 4.78 is 43.8. The molecule has 0 amide bonds. The van der Waals surface area contributed by atoms with Crippen LogP contribution in [0.2, 0.25) is 0 Å². The number of aromatic hydroxyl groups is 1. The Morgan fingerprint density at radius 1 is 1.39 bits per heavy atom. The van der Waals surface area contributed by atoms with Gasteiger partial charge >= 0.3 is 6.18 Å². The van der Waals surface area contributed by atoms with Crippen LogP contribution in [0.25, 0.3) is 0 Å². The molecule has 3 nitrogen and oxygen atoms in total. The van der Waals surface area contributed by atoms with Gasteiger partial charge in [0.2, 0.25) is 0 Å². The molecule has 1 aromatic rings. The fourth-order valence-electron chi connectivity index (χ4n) is 2.22. The van der Waals surface area contributed by atoms with Crippen LogP contribution in [0.3, 0.4) is 0 Å². The minimum atomic E-state index is -4.51. The molecule has 1 aliphatic carbocycles. The highest BCUT2D eigenvalue weighted by atomic mass is 19.4. The van der Waals surface area contributed by atoms with Gasteiger partial charge in [0.15, 0.2) is 11.5 Å². The lowest BCUT2D eigenvalue weighted by atomic mass is 9.89. The van der Waals surface area contributed by atoms with E-state index in [2.05, 4.69) is 0 Å². The van der Waals surface area contributed by atoms with Crippen molar-refractivity contribution < 1.29 is 23.0 Å². The van der Waals surface area contributed by atoms with E-state index in [1.165, 1.54) is 7.11 Å². The molecular formula is C12H14F3NO2. The number of phenolic OH excluding ortho intramolecular Hbond substituents is 1. The van der Waals surface area contributed by atoms with E-state index in [4.69, 9.17) is 10.5 Å². The predicted molar refractivity (Wildman–Crippen MR) is 59.6 cm³/mol. The van der Waals surface area contributed by atoms with Crippen LogP contribution in [0.4, 0.5) is 13.2 Å². The molecule has 0 bridgehead atoms. The van der Waals surface area contributed by atoms with Crippen molar-refractivity contribution in [3.05, 3.63) is 23.3 Å². The van der Waals surface area contributed by atoms with Crippen molar-refractivity contribution in [1.82, 2.24) is 0 Å². The largest absolute Gasteiger partial charge is 0.504 e. The molecule has 1 aliphatic rings. The molecule has 0 saturated heterocycles. The molecule has 100 valence electrons. The number of benzene rings is 1. The van der Waals surface area contributed by atoms with Gasteiger partial charge in [0, 0.05) is 17.5 Å². The molecule has 1 saturated carbocycles. The van der Waals surface area contributed by atoms with Gasteiger partial charge in [0.05, 0.1) is 12.7 Å². The molecule has 0 aliphatic heterocycles. The van der Waals surface area contributed by atoms with Crippen molar-refractivity contribution in [3.8, 4) is 11.5 Å². The normalized spacial score (nSPS) is 17.6. The van der Waals surface area contributed by atoms with Gasteiger partial charge in [-0.2, -0.15) is 13.2 Å². The van der Waals surface area contributed by atoms with Crippen LogP contribution in [0.1, 0.15) is 24.0 Å². The zero-order valence-corrected chi connectivity index (χ0v) is 9.84. The number of nitrogens with two attached hydrogens (primary N) is 1. The topological polar surface area (TPSA) is 55.5 Å². The smallest absolute Gasteiger partial charge is 0.416 e. The Morgan fingerprint density at radius 3 is 2.39 bits per heavy atom. The monoisotopic (exact) mass is 261 g/mol. The van der Waals surface area contributed by atoms with Gasteiger partial charge in [-0.25, -0.2) is 0 Å². The summed E-state index contributed by atoms with van der Waals surface area (Å²) in [6.07, 6.45) is -3.41. The van der Waals surface area contributed by atoms with Crippen molar-refractivity contribution in [2.45, 2.75) is 24.4 Å². The lowest BCUT2D eigenvalue weighted by molar-refractivity contribution is -0.138. The van der Waals surface area contributed by atoms with E-state index >= 15 is 0 Å². The van der Waals surface area contributed by atoms with Gasteiger partial charge in [-0.15, -0.1) is 0 Å². The number of alkyl halides is 3. The number of hydrogen-bond acceptors (Lipinski definition) is 3. The third-order valence-electron chi connectivity index (χ3n) is 3.44.